The Morgan fingerprint density at radius 2 is 1.92 bits per heavy atom. The van der Waals surface area contributed by atoms with Gasteiger partial charge in [-0.25, -0.2) is 4.98 Å². The fourth-order valence-electron chi connectivity index (χ4n) is 5.40. The normalized spacial score (nSPS) is 20.5. The number of aromatic nitrogens is 1. The number of para-hydroxylation sites is 1. The van der Waals surface area contributed by atoms with Gasteiger partial charge in [-0.3, -0.25) is 4.79 Å². The third-order valence-electron chi connectivity index (χ3n) is 8.10. The SMILES string of the molecule is C=C/C(=C\C=C(/C)N1CC2CCC(C1)N2)CCNC(=O)C(C)(C)c1ccc(N[C@H](C)c2ccccc2N)nc1. The summed E-state index contributed by atoms with van der Waals surface area (Å²) in [6.45, 7) is 14.8. The van der Waals surface area contributed by atoms with Crippen molar-refractivity contribution in [1.29, 1.82) is 0 Å². The van der Waals surface area contributed by atoms with Gasteiger partial charge >= 0.3 is 0 Å². The van der Waals surface area contributed by atoms with Gasteiger partial charge in [0.1, 0.15) is 5.82 Å². The minimum Gasteiger partial charge on any atom is -0.398 e. The van der Waals surface area contributed by atoms with Gasteiger partial charge in [-0.1, -0.05) is 43.0 Å². The number of amides is 1. The largest absolute Gasteiger partial charge is 0.398 e. The van der Waals surface area contributed by atoms with E-state index in [0.29, 0.717) is 18.6 Å². The zero-order chi connectivity index (χ0) is 28.0. The van der Waals surface area contributed by atoms with Crippen LogP contribution in [-0.2, 0) is 10.2 Å². The number of nitrogens with one attached hydrogen (secondary N) is 3. The molecule has 2 bridgehead atoms. The van der Waals surface area contributed by atoms with E-state index >= 15 is 0 Å². The number of carbonyl (C=O) groups is 1. The van der Waals surface area contributed by atoms with Crippen molar-refractivity contribution in [2.75, 3.05) is 30.7 Å². The molecule has 2 aliphatic heterocycles. The van der Waals surface area contributed by atoms with Crippen LogP contribution in [0.25, 0.3) is 0 Å². The Kier molecular flexibility index (Phi) is 9.12. The highest BCUT2D eigenvalue weighted by molar-refractivity contribution is 5.87. The second-order valence-electron chi connectivity index (χ2n) is 11.4. The summed E-state index contributed by atoms with van der Waals surface area (Å²) in [6, 6.07) is 12.9. The lowest BCUT2D eigenvalue weighted by atomic mass is 9.84. The standard InChI is InChI=1S/C32H44N6O/c1-6-24(12-11-22(2)38-20-26-14-15-27(21-38)37-26)17-18-34-31(39)32(4,5)25-13-16-30(35-19-25)36-23(3)28-9-7-8-10-29(28)33/h6-13,16,19,23,26-27,37H,1,14-15,17-18,20-21,33H2,2-5H3,(H,34,39)(H,35,36)/b22-11+,24-12+/t23-,26?,27?/m1/s1. The Bertz CT molecular complexity index is 1200. The van der Waals surface area contributed by atoms with E-state index < -0.39 is 5.41 Å². The predicted molar refractivity (Wildman–Crippen MR) is 161 cm³/mol. The molecule has 5 N–H and O–H groups in total. The van der Waals surface area contributed by atoms with Gasteiger partial charge in [0.15, 0.2) is 0 Å². The molecular formula is C32H44N6O. The average molecular weight is 529 g/mol. The number of likely N-dealkylation sites (tertiary alicyclic amines) is 1. The molecule has 1 amide bonds. The van der Waals surface area contributed by atoms with Crippen molar-refractivity contribution in [3.63, 3.8) is 0 Å². The number of anilines is 2. The van der Waals surface area contributed by atoms with Gasteiger partial charge in [0.25, 0.3) is 0 Å². The average Bonchev–Trinajstić information content (AvgIpc) is 3.27. The van der Waals surface area contributed by atoms with Crippen LogP contribution in [0.15, 0.2) is 78.7 Å². The van der Waals surface area contributed by atoms with Crippen LogP contribution in [0.2, 0.25) is 0 Å². The molecule has 7 nitrogen and oxygen atoms in total. The first kappa shape index (κ1) is 28.4. The second kappa shape index (κ2) is 12.5. The molecule has 7 heteroatoms. The molecule has 1 aromatic carbocycles. The molecule has 3 atom stereocenters. The highest BCUT2D eigenvalue weighted by Crippen LogP contribution is 2.27. The number of benzene rings is 1. The van der Waals surface area contributed by atoms with E-state index in [0.717, 1.165) is 47.7 Å². The van der Waals surface area contributed by atoms with E-state index in [1.165, 1.54) is 18.5 Å². The van der Waals surface area contributed by atoms with Crippen molar-refractivity contribution in [2.45, 2.75) is 70.5 Å². The molecule has 0 radical (unpaired) electrons. The molecule has 39 heavy (non-hydrogen) atoms. The number of allylic oxidation sites excluding steroid dienone is 4. The molecule has 4 rings (SSSR count). The van der Waals surface area contributed by atoms with Gasteiger partial charge in [0, 0.05) is 49.3 Å². The van der Waals surface area contributed by atoms with Crippen molar-refractivity contribution in [2.24, 2.45) is 0 Å². The summed E-state index contributed by atoms with van der Waals surface area (Å²) in [4.78, 5) is 20.2. The number of hydrogen-bond acceptors (Lipinski definition) is 6. The molecule has 1 aromatic heterocycles. The van der Waals surface area contributed by atoms with Gasteiger partial charge in [-0.15, -0.1) is 0 Å². The Labute approximate surface area is 233 Å². The first-order chi connectivity index (χ1) is 18.7. The molecule has 2 unspecified atom stereocenters. The lowest BCUT2D eigenvalue weighted by molar-refractivity contribution is -0.125. The van der Waals surface area contributed by atoms with Crippen molar-refractivity contribution in [1.82, 2.24) is 20.5 Å². The number of nitrogens with zero attached hydrogens (tertiary/aromatic N) is 2. The zero-order valence-corrected chi connectivity index (χ0v) is 23.8. The van der Waals surface area contributed by atoms with Gasteiger partial charge in [0.05, 0.1) is 11.5 Å². The van der Waals surface area contributed by atoms with Gasteiger partial charge in [-0.2, -0.15) is 0 Å². The molecule has 208 valence electrons. The van der Waals surface area contributed by atoms with Gasteiger partial charge < -0.3 is 26.6 Å². The lowest BCUT2D eigenvalue weighted by Crippen LogP contribution is -2.50. The van der Waals surface area contributed by atoms with E-state index in [1.807, 2.05) is 56.3 Å². The summed E-state index contributed by atoms with van der Waals surface area (Å²) in [6.07, 6.45) is 11.2. The third-order valence-corrected chi connectivity index (χ3v) is 8.10. The van der Waals surface area contributed by atoms with Crippen LogP contribution in [0.5, 0.6) is 0 Å². The number of nitrogen functional groups attached to an aromatic ring is 1. The minimum absolute atomic E-state index is 0.0126. The van der Waals surface area contributed by atoms with E-state index in [9.17, 15) is 4.79 Å². The summed E-state index contributed by atoms with van der Waals surface area (Å²) in [7, 11) is 0. The fraction of sp³-hybridized carbons (Fsp3) is 0.438. The predicted octanol–water partition coefficient (Wildman–Crippen LogP) is 5.07. The summed E-state index contributed by atoms with van der Waals surface area (Å²) < 4.78 is 0. The highest BCUT2D eigenvalue weighted by atomic mass is 16.2. The van der Waals surface area contributed by atoms with Gasteiger partial charge in [0.2, 0.25) is 5.91 Å². The van der Waals surface area contributed by atoms with Crippen LogP contribution in [-0.4, -0.2) is 47.5 Å². The fourth-order valence-corrected chi connectivity index (χ4v) is 5.40. The maximum atomic E-state index is 13.1. The van der Waals surface area contributed by atoms with Gasteiger partial charge in [-0.05, 0) is 81.9 Å². The van der Waals surface area contributed by atoms with Crippen molar-refractivity contribution >= 4 is 17.4 Å². The molecule has 0 saturated carbocycles. The smallest absolute Gasteiger partial charge is 0.230 e. The number of fused-ring (bicyclic) bond motifs is 2. The lowest BCUT2D eigenvalue weighted by Gasteiger charge is -2.35. The summed E-state index contributed by atoms with van der Waals surface area (Å²) in [5, 5.41) is 10.2. The molecule has 0 aliphatic carbocycles. The summed E-state index contributed by atoms with van der Waals surface area (Å²) in [5.41, 5.74) is 10.4. The molecule has 2 aromatic rings. The van der Waals surface area contributed by atoms with Crippen LogP contribution in [0.3, 0.4) is 0 Å². The van der Waals surface area contributed by atoms with Crippen LogP contribution in [0.1, 0.15) is 64.1 Å². The number of hydrogen-bond donors (Lipinski definition) is 4. The minimum atomic E-state index is -0.711. The van der Waals surface area contributed by atoms with Crippen LogP contribution in [0, 0.1) is 0 Å². The summed E-state index contributed by atoms with van der Waals surface area (Å²) >= 11 is 0. The number of nitrogens with two attached hydrogens (primary N) is 1. The second-order valence-corrected chi connectivity index (χ2v) is 11.4. The van der Waals surface area contributed by atoms with Crippen LogP contribution in [0.4, 0.5) is 11.5 Å². The van der Waals surface area contributed by atoms with Crippen molar-refractivity contribution < 1.29 is 4.79 Å². The molecule has 2 saturated heterocycles. The van der Waals surface area contributed by atoms with E-state index in [1.54, 1.807) is 6.20 Å². The third kappa shape index (κ3) is 7.09. The highest BCUT2D eigenvalue weighted by Gasteiger charge is 2.32. The van der Waals surface area contributed by atoms with Crippen LogP contribution < -0.4 is 21.7 Å². The zero-order valence-electron chi connectivity index (χ0n) is 23.8. The van der Waals surface area contributed by atoms with E-state index in [4.69, 9.17) is 5.73 Å². The van der Waals surface area contributed by atoms with Crippen molar-refractivity contribution in [3.05, 3.63) is 89.8 Å². The van der Waals surface area contributed by atoms with E-state index in [-0.39, 0.29) is 11.9 Å². The van der Waals surface area contributed by atoms with E-state index in [2.05, 4.69) is 58.4 Å². The quantitative estimate of drug-likeness (QED) is 0.240. The molecule has 2 fully saturated rings. The number of rotatable bonds is 11. The maximum Gasteiger partial charge on any atom is 0.230 e. The number of pyridine rings is 1. The molecule has 2 aliphatic rings. The van der Waals surface area contributed by atoms with Crippen molar-refractivity contribution in [3.8, 4) is 0 Å². The first-order valence-corrected chi connectivity index (χ1v) is 14.0. The molecular weight excluding hydrogens is 484 g/mol. The Morgan fingerprint density at radius 1 is 1.21 bits per heavy atom. The number of carbonyl (C=O) groups excluding carboxylic acids is 1. The Hall–Kier alpha value is -3.58. The Morgan fingerprint density at radius 3 is 2.56 bits per heavy atom. The Balaban J connectivity index is 1.28. The van der Waals surface area contributed by atoms with Crippen LogP contribution >= 0.6 is 0 Å². The number of piperazine rings is 1. The summed E-state index contributed by atoms with van der Waals surface area (Å²) in [5.74, 6) is 0.713. The first-order valence-electron chi connectivity index (χ1n) is 14.0. The maximum absolute atomic E-state index is 13.1. The molecule has 3 heterocycles. The monoisotopic (exact) mass is 528 g/mol. The topological polar surface area (TPSA) is 95.3 Å². The molecule has 0 spiro atoms.